The summed E-state index contributed by atoms with van der Waals surface area (Å²) in [7, 11) is -3.09. The van der Waals surface area contributed by atoms with Crippen molar-refractivity contribution in [2.45, 2.75) is 59.4 Å². The molecular weight excluding hydrogens is 220 g/mol. The molecule has 0 atom stereocenters. The van der Waals surface area contributed by atoms with Crippen molar-refractivity contribution in [3.8, 4) is 0 Å². The summed E-state index contributed by atoms with van der Waals surface area (Å²) in [4.78, 5) is 0. The predicted octanol–water partition coefficient (Wildman–Crippen LogP) is 3.98. The van der Waals surface area contributed by atoms with Gasteiger partial charge in [0.2, 0.25) is 0 Å². The van der Waals surface area contributed by atoms with E-state index in [0.717, 1.165) is 0 Å². The molecule has 0 heterocycles. The molecule has 0 amide bonds. The van der Waals surface area contributed by atoms with Gasteiger partial charge in [0, 0.05) is 0 Å². The van der Waals surface area contributed by atoms with Gasteiger partial charge in [0.1, 0.15) is 0 Å². The molecule has 0 radical (unpaired) electrons. The molecule has 0 aliphatic rings. The van der Waals surface area contributed by atoms with Crippen molar-refractivity contribution in [3.63, 3.8) is 0 Å². The third-order valence-corrected chi connectivity index (χ3v) is 3.59. The van der Waals surface area contributed by atoms with Crippen LogP contribution in [0.1, 0.15) is 13.8 Å². The molecule has 0 bridgehead atoms. The average Bonchev–Trinajstić information content (AvgIpc) is 1.96. The minimum absolute atomic E-state index is 0.131. The molecular formula is C11H26O2Si2. The van der Waals surface area contributed by atoms with Crippen LogP contribution in [0.4, 0.5) is 0 Å². The number of rotatable bonds is 5. The van der Waals surface area contributed by atoms with Crippen molar-refractivity contribution in [3.05, 3.63) is 11.6 Å². The molecule has 90 valence electrons. The van der Waals surface area contributed by atoms with Gasteiger partial charge in [0.15, 0.2) is 22.9 Å². The average molecular weight is 246 g/mol. The molecule has 0 fully saturated rings. The van der Waals surface area contributed by atoms with Crippen LogP contribution >= 0.6 is 0 Å². The Morgan fingerprint density at radius 3 is 1.47 bits per heavy atom. The minimum atomic E-state index is -1.54. The van der Waals surface area contributed by atoms with Crippen LogP contribution in [0.5, 0.6) is 0 Å². The van der Waals surface area contributed by atoms with Gasteiger partial charge < -0.3 is 8.85 Å². The smallest absolute Gasteiger partial charge is 0.187 e. The Morgan fingerprint density at radius 2 is 1.27 bits per heavy atom. The largest absolute Gasteiger partial charge is 0.391 e. The fourth-order valence-corrected chi connectivity index (χ4v) is 2.84. The van der Waals surface area contributed by atoms with Gasteiger partial charge >= 0.3 is 0 Å². The molecule has 0 N–H and O–H groups in total. The summed E-state index contributed by atoms with van der Waals surface area (Å²) in [6.07, 6.45) is 1.94. The van der Waals surface area contributed by atoms with Crippen LogP contribution < -0.4 is 0 Å². The highest BCUT2D eigenvalue weighted by Crippen LogP contribution is 2.19. The van der Waals surface area contributed by atoms with Gasteiger partial charge in [-0.05, 0) is 58.7 Å². The highest BCUT2D eigenvalue weighted by atomic mass is 28.4. The molecule has 2 nitrogen and oxygen atoms in total. The third kappa shape index (κ3) is 7.96. The van der Waals surface area contributed by atoms with E-state index in [4.69, 9.17) is 8.85 Å². The zero-order valence-electron chi connectivity index (χ0n) is 11.5. The fraction of sp³-hybridized carbons (Fsp3) is 0.818. The van der Waals surface area contributed by atoms with Gasteiger partial charge in [-0.1, -0.05) is 6.08 Å². The van der Waals surface area contributed by atoms with Gasteiger partial charge in [-0.25, -0.2) is 0 Å². The maximum atomic E-state index is 6.05. The molecule has 0 aliphatic carbocycles. The van der Waals surface area contributed by atoms with E-state index >= 15 is 0 Å². The Kier molecular flexibility index (Phi) is 5.46. The lowest BCUT2D eigenvalue weighted by molar-refractivity contribution is 0.0241. The molecule has 0 saturated heterocycles. The Bertz CT molecular complexity index is 208. The zero-order valence-corrected chi connectivity index (χ0v) is 13.5. The Labute approximate surface area is 96.9 Å². The van der Waals surface area contributed by atoms with Crippen molar-refractivity contribution >= 4 is 16.6 Å². The van der Waals surface area contributed by atoms with Crippen molar-refractivity contribution < 1.29 is 8.85 Å². The molecule has 0 aromatic rings. The van der Waals surface area contributed by atoms with E-state index in [1.165, 1.54) is 5.57 Å². The molecule has 0 unspecified atom stereocenters. The number of allylic oxidation sites excluding steroid dienone is 1. The summed E-state index contributed by atoms with van der Waals surface area (Å²) < 4.78 is 12.1. The van der Waals surface area contributed by atoms with Crippen molar-refractivity contribution in [2.24, 2.45) is 0 Å². The SMILES string of the molecule is CC=C(C)C(O[Si](C)(C)C)O[Si](C)(C)C. The van der Waals surface area contributed by atoms with Crippen molar-refractivity contribution in [1.82, 2.24) is 0 Å². The first kappa shape index (κ1) is 15.1. The normalized spacial score (nSPS) is 14.9. The lowest BCUT2D eigenvalue weighted by Crippen LogP contribution is -2.40. The second-order valence-electron chi connectivity index (χ2n) is 5.83. The van der Waals surface area contributed by atoms with Crippen LogP contribution in [0.15, 0.2) is 11.6 Å². The van der Waals surface area contributed by atoms with Crippen molar-refractivity contribution in [1.29, 1.82) is 0 Å². The molecule has 0 aromatic heterocycles. The summed E-state index contributed by atoms with van der Waals surface area (Å²) in [6, 6.07) is 0. The molecule has 0 spiro atoms. The Balaban J connectivity index is 4.61. The lowest BCUT2D eigenvalue weighted by Gasteiger charge is -2.32. The first-order chi connectivity index (χ1) is 6.55. The Morgan fingerprint density at radius 1 is 0.933 bits per heavy atom. The molecule has 0 aromatic carbocycles. The minimum Gasteiger partial charge on any atom is -0.391 e. The summed E-state index contributed by atoms with van der Waals surface area (Å²) >= 11 is 0. The highest BCUT2D eigenvalue weighted by Gasteiger charge is 2.27. The summed E-state index contributed by atoms with van der Waals surface area (Å²) in [5.74, 6) is 0. The molecule has 0 saturated carbocycles. The molecule has 4 heteroatoms. The van der Waals surface area contributed by atoms with E-state index in [1.54, 1.807) is 0 Å². The molecule has 0 rings (SSSR count). The standard InChI is InChI=1S/C11H26O2Si2/c1-9-10(2)11(12-14(3,4)5)13-15(6,7)8/h9,11H,1-8H3. The first-order valence-electron chi connectivity index (χ1n) is 5.53. The van der Waals surface area contributed by atoms with Gasteiger partial charge in [-0.2, -0.15) is 0 Å². The van der Waals surface area contributed by atoms with E-state index in [1.807, 2.05) is 6.92 Å². The van der Waals surface area contributed by atoms with Gasteiger partial charge in [-0.3, -0.25) is 0 Å². The maximum Gasteiger partial charge on any atom is 0.187 e. The van der Waals surface area contributed by atoms with Crippen LogP contribution in [0.25, 0.3) is 0 Å². The van der Waals surface area contributed by atoms with Crippen molar-refractivity contribution in [2.75, 3.05) is 0 Å². The number of hydrogen-bond acceptors (Lipinski definition) is 2. The van der Waals surface area contributed by atoms with Crippen LogP contribution in [-0.4, -0.2) is 22.9 Å². The maximum absolute atomic E-state index is 6.05. The quantitative estimate of drug-likeness (QED) is 0.415. The van der Waals surface area contributed by atoms with E-state index in [0.29, 0.717) is 0 Å². The van der Waals surface area contributed by atoms with Crippen LogP contribution in [0.2, 0.25) is 39.3 Å². The lowest BCUT2D eigenvalue weighted by atomic mass is 10.3. The number of hydrogen-bond donors (Lipinski definition) is 0. The molecule has 0 aliphatic heterocycles. The zero-order chi connectivity index (χ0) is 12.3. The van der Waals surface area contributed by atoms with Crippen LogP contribution in [-0.2, 0) is 8.85 Å². The molecule has 15 heavy (non-hydrogen) atoms. The van der Waals surface area contributed by atoms with E-state index < -0.39 is 16.6 Å². The summed E-state index contributed by atoms with van der Waals surface area (Å²) in [5.41, 5.74) is 1.18. The Hall–Kier alpha value is 0.0938. The van der Waals surface area contributed by atoms with Crippen LogP contribution in [0.3, 0.4) is 0 Å². The van der Waals surface area contributed by atoms with Crippen LogP contribution in [0, 0.1) is 0 Å². The monoisotopic (exact) mass is 246 g/mol. The highest BCUT2D eigenvalue weighted by molar-refractivity contribution is 6.70. The van der Waals surface area contributed by atoms with E-state index in [-0.39, 0.29) is 6.29 Å². The van der Waals surface area contributed by atoms with Gasteiger partial charge in [-0.15, -0.1) is 0 Å². The summed E-state index contributed by atoms with van der Waals surface area (Å²) in [6.45, 7) is 17.3. The van der Waals surface area contributed by atoms with Gasteiger partial charge in [0.25, 0.3) is 0 Å². The second kappa shape index (κ2) is 5.43. The van der Waals surface area contributed by atoms with E-state index in [2.05, 4.69) is 52.3 Å². The third-order valence-electron chi connectivity index (χ3n) is 1.75. The van der Waals surface area contributed by atoms with E-state index in [9.17, 15) is 0 Å². The fourth-order valence-electron chi connectivity index (χ4n) is 0.988. The topological polar surface area (TPSA) is 18.5 Å². The first-order valence-corrected chi connectivity index (χ1v) is 12.4. The summed E-state index contributed by atoms with van der Waals surface area (Å²) in [5, 5.41) is 0. The van der Waals surface area contributed by atoms with Gasteiger partial charge in [0.05, 0.1) is 0 Å². The predicted molar refractivity (Wildman–Crippen MR) is 72.1 cm³/mol. The second-order valence-corrected chi connectivity index (χ2v) is 14.7.